The second-order valence-corrected chi connectivity index (χ2v) is 11.0. The molecule has 0 bridgehead atoms. The molecule has 5 rings (SSSR count). The zero-order chi connectivity index (χ0) is 27.0. The van der Waals surface area contributed by atoms with Gasteiger partial charge in [0.2, 0.25) is 5.91 Å². The molecule has 38 heavy (non-hydrogen) atoms. The number of amides is 2. The third-order valence-corrected chi connectivity index (χ3v) is 8.58. The van der Waals surface area contributed by atoms with E-state index in [0.29, 0.717) is 19.6 Å². The van der Waals surface area contributed by atoms with E-state index in [2.05, 4.69) is 35.4 Å². The van der Waals surface area contributed by atoms with Gasteiger partial charge in [-0.05, 0) is 72.7 Å². The van der Waals surface area contributed by atoms with E-state index in [1.165, 1.54) is 33.7 Å². The number of benzene rings is 2. The molecule has 5 nitrogen and oxygen atoms in total. The summed E-state index contributed by atoms with van der Waals surface area (Å²) in [5.74, 6) is -0.297. The highest BCUT2D eigenvalue weighted by molar-refractivity contribution is 7.10. The highest BCUT2D eigenvalue weighted by Gasteiger charge is 2.35. The SMILES string of the molecule is Cc1ccccc1[C@H]1c2ccsc2CCN1CC(=O)N1CCN(C(=O)c2ccc(C(F)(F)F)cc2)[C@H](C)C1. The molecular weight excluding hydrogens is 511 g/mol. The number of nitrogens with zero attached hydrogens (tertiary/aromatic N) is 3. The van der Waals surface area contributed by atoms with Gasteiger partial charge in [-0.1, -0.05) is 24.3 Å². The summed E-state index contributed by atoms with van der Waals surface area (Å²) < 4.78 is 38.7. The zero-order valence-corrected chi connectivity index (χ0v) is 22.2. The van der Waals surface area contributed by atoms with Crippen molar-refractivity contribution in [3.8, 4) is 0 Å². The van der Waals surface area contributed by atoms with Crippen LogP contribution < -0.4 is 0 Å². The van der Waals surface area contributed by atoms with Crippen molar-refractivity contribution in [2.75, 3.05) is 32.7 Å². The van der Waals surface area contributed by atoms with Gasteiger partial charge < -0.3 is 9.80 Å². The smallest absolute Gasteiger partial charge is 0.338 e. The first-order chi connectivity index (χ1) is 18.1. The van der Waals surface area contributed by atoms with Crippen LogP contribution in [0.1, 0.15) is 50.5 Å². The minimum atomic E-state index is -4.45. The summed E-state index contributed by atoms with van der Waals surface area (Å²) >= 11 is 1.77. The Kier molecular flexibility index (Phi) is 7.33. The molecule has 2 aliphatic heterocycles. The van der Waals surface area contributed by atoms with Gasteiger partial charge in [0.15, 0.2) is 0 Å². The molecule has 2 amide bonds. The molecule has 9 heteroatoms. The quantitative estimate of drug-likeness (QED) is 0.445. The summed E-state index contributed by atoms with van der Waals surface area (Å²) in [6.45, 7) is 6.16. The van der Waals surface area contributed by atoms with Crippen LogP contribution in [0.2, 0.25) is 0 Å². The Balaban J connectivity index is 1.26. The van der Waals surface area contributed by atoms with Crippen molar-refractivity contribution in [1.82, 2.24) is 14.7 Å². The Morgan fingerprint density at radius 1 is 0.974 bits per heavy atom. The predicted octanol–water partition coefficient (Wildman–Crippen LogP) is 5.40. The number of alkyl halides is 3. The number of fused-ring (bicyclic) bond motifs is 1. The maximum Gasteiger partial charge on any atom is 0.416 e. The van der Waals surface area contributed by atoms with Crippen molar-refractivity contribution in [3.05, 3.63) is 92.7 Å². The minimum Gasteiger partial charge on any atom is -0.338 e. The van der Waals surface area contributed by atoms with Crippen molar-refractivity contribution in [2.45, 2.75) is 38.5 Å². The Morgan fingerprint density at radius 2 is 1.71 bits per heavy atom. The second kappa shape index (κ2) is 10.5. The topological polar surface area (TPSA) is 43.9 Å². The Labute approximate surface area is 224 Å². The number of aryl methyl sites for hydroxylation is 1. The fourth-order valence-corrected chi connectivity index (χ4v) is 6.43. The summed E-state index contributed by atoms with van der Waals surface area (Å²) in [4.78, 5) is 33.6. The first-order valence-electron chi connectivity index (χ1n) is 12.8. The third kappa shape index (κ3) is 5.22. The van der Waals surface area contributed by atoms with Crippen LogP contribution in [-0.4, -0.2) is 65.3 Å². The maximum atomic E-state index is 13.5. The lowest BCUT2D eigenvalue weighted by Gasteiger charge is -2.42. The van der Waals surface area contributed by atoms with Crippen molar-refractivity contribution in [1.29, 1.82) is 0 Å². The Morgan fingerprint density at radius 3 is 2.39 bits per heavy atom. The lowest BCUT2D eigenvalue weighted by atomic mass is 9.90. The molecule has 1 aromatic heterocycles. The number of piperazine rings is 1. The van der Waals surface area contributed by atoms with Crippen molar-refractivity contribution < 1.29 is 22.8 Å². The predicted molar refractivity (Wildman–Crippen MR) is 141 cm³/mol. The van der Waals surface area contributed by atoms with Crippen LogP contribution >= 0.6 is 11.3 Å². The summed E-state index contributed by atoms with van der Waals surface area (Å²) in [6.07, 6.45) is -3.53. The van der Waals surface area contributed by atoms with E-state index in [1.54, 1.807) is 21.1 Å². The molecule has 2 aliphatic rings. The fourth-order valence-electron chi connectivity index (χ4n) is 5.52. The average Bonchev–Trinajstić information content (AvgIpc) is 3.37. The van der Waals surface area contributed by atoms with Gasteiger partial charge in [0.1, 0.15) is 0 Å². The molecule has 200 valence electrons. The average molecular weight is 542 g/mol. The zero-order valence-electron chi connectivity index (χ0n) is 21.4. The van der Waals surface area contributed by atoms with Crippen molar-refractivity contribution >= 4 is 23.2 Å². The first kappa shape index (κ1) is 26.4. The van der Waals surface area contributed by atoms with E-state index in [4.69, 9.17) is 0 Å². The summed E-state index contributed by atoms with van der Waals surface area (Å²) in [5, 5.41) is 2.12. The number of carbonyl (C=O) groups excluding carboxylic acids is 2. The van der Waals surface area contributed by atoms with Gasteiger partial charge in [-0.2, -0.15) is 13.2 Å². The second-order valence-electron chi connectivity index (χ2n) is 10.0. The molecule has 1 saturated heterocycles. The molecule has 2 atom stereocenters. The molecule has 0 spiro atoms. The monoisotopic (exact) mass is 541 g/mol. The highest BCUT2D eigenvalue weighted by Crippen LogP contribution is 2.39. The van der Waals surface area contributed by atoms with E-state index in [9.17, 15) is 22.8 Å². The van der Waals surface area contributed by atoms with Crippen LogP contribution in [0.3, 0.4) is 0 Å². The molecule has 0 radical (unpaired) electrons. The minimum absolute atomic E-state index is 0.0233. The molecule has 1 fully saturated rings. The number of carbonyl (C=O) groups is 2. The normalized spacial score (nSPS) is 20.3. The van der Waals surface area contributed by atoms with E-state index < -0.39 is 11.7 Å². The van der Waals surface area contributed by atoms with Crippen LogP contribution in [0.4, 0.5) is 13.2 Å². The van der Waals surface area contributed by atoms with E-state index in [0.717, 1.165) is 25.1 Å². The molecule has 3 aromatic rings. The van der Waals surface area contributed by atoms with Gasteiger partial charge in [0.05, 0.1) is 18.2 Å². The number of thiophene rings is 1. The van der Waals surface area contributed by atoms with Gasteiger partial charge >= 0.3 is 6.18 Å². The molecule has 3 heterocycles. The molecule has 0 aliphatic carbocycles. The fraction of sp³-hybridized carbons (Fsp3) is 0.379. The van der Waals surface area contributed by atoms with E-state index in [-0.39, 0.29) is 36.0 Å². The standard InChI is InChI=1S/C29H30F3N3O2S/c1-19-5-3-4-6-23(19)27-24-12-16-38-25(24)11-13-34(27)18-26(36)33-14-15-35(20(2)17-33)28(37)21-7-9-22(10-8-21)29(30,31)32/h3-10,12,16,20,27H,11,13-15,17-18H2,1-2H3/t20-,27+/m1/s1. The Bertz CT molecular complexity index is 1320. The summed E-state index contributed by atoms with van der Waals surface area (Å²) in [6, 6.07) is 14.5. The van der Waals surface area contributed by atoms with Crippen molar-refractivity contribution in [2.24, 2.45) is 0 Å². The van der Waals surface area contributed by atoms with Crippen molar-refractivity contribution in [3.63, 3.8) is 0 Å². The molecule has 0 N–H and O–H groups in total. The van der Waals surface area contributed by atoms with Crippen LogP contribution in [0.5, 0.6) is 0 Å². The van der Waals surface area contributed by atoms with Gasteiger partial charge in [0, 0.05) is 42.7 Å². The molecule has 2 aromatic carbocycles. The largest absolute Gasteiger partial charge is 0.416 e. The molecular formula is C29H30F3N3O2S. The number of hydrogen-bond donors (Lipinski definition) is 0. The lowest BCUT2D eigenvalue weighted by Crippen LogP contribution is -2.57. The number of rotatable bonds is 4. The lowest BCUT2D eigenvalue weighted by molar-refractivity contribution is -0.137. The third-order valence-electron chi connectivity index (χ3n) is 7.59. The van der Waals surface area contributed by atoms with Crippen LogP contribution in [0.25, 0.3) is 0 Å². The van der Waals surface area contributed by atoms with Crippen LogP contribution in [0, 0.1) is 6.92 Å². The molecule has 0 saturated carbocycles. The summed E-state index contributed by atoms with van der Waals surface area (Å²) in [5.41, 5.74) is 3.10. The highest BCUT2D eigenvalue weighted by atomic mass is 32.1. The summed E-state index contributed by atoms with van der Waals surface area (Å²) in [7, 11) is 0. The molecule has 0 unspecified atom stereocenters. The van der Waals surface area contributed by atoms with Crippen LogP contribution in [0.15, 0.2) is 60.0 Å². The van der Waals surface area contributed by atoms with E-state index in [1.807, 2.05) is 19.1 Å². The van der Waals surface area contributed by atoms with Gasteiger partial charge in [0.25, 0.3) is 5.91 Å². The maximum absolute atomic E-state index is 13.5. The number of halogens is 3. The Hall–Kier alpha value is -3.17. The van der Waals surface area contributed by atoms with Gasteiger partial charge in [-0.25, -0.2) is 0 Å². The van der Waals surface area contributed by atoms with E-state index >= 15 is 0 Å². The van der Waals surface area contributed by atoms with Gasteiger partial charge in [-0.3, -0.25) is 14.5 Å². The number of hydrogen-bond acceptors (Lipinski definition) is 4. The van der Waals surface area contributed by atoms with Crippen LogP contribution in [-0.2, 0) is 17.4 Å². The first-order valence-corrected chi connectivity index (χ1v) is 13.6. The van der Waals surface area contributed by atoms with Gasteiger partial charge in [-0.15, -0.1) is 11.3 Å².